The molecule has 1 amide bonds. The maximum atomic E-state index is 11.8. The third kappa shape index (κ3) is 3.52. The number of carbonyl (C=O) groups is 1. The van der Waals surface area contributed by atoms with Crippen LogP contribution in [-0.4, -0.2) is 23.9 Å². The number of carbonyl (C=O) groups excluding carboxylic acids is 1. The molecule has 3 N–H and O–H groups in total. The van der Waals surface area contributed by atoms with Gasteiger partial charge in [-0.15, -0.1) is 11.3 Å². The van der Waals surface area contributed by atoms with Crippen LogP contribution in [0.3, 0.4) is 0 Å². The fourth-order valence-electron chi connectivity index (χ4n) is 0.861. The smallest absolute Gasteiger partial charge is 0.270 e. The SMILES string of the molecule is CC(N)c1nc(C(=O)NCC(F)F)cs1. The fourth-order valence-corrected chi connectivity index (χ4v) is 1.62. The second-order valence-corrected chi connectivity index (χ2v) is 3.85. The van der Waals surface area contributed by atoms with E-state index >= 15 is 0 Å². The zero-order valence-electron chi connectivity index (χ0n) is 8.04. The van der Waals surface area contributed by atoms with E-state index in [0.717, 1.165) is 0 Å². The summed E-state index contributed by atoms with van der Waals surface area (Å²) >= 11 is 1.24. The zero-order chi connectivity index (χ0) is 11.4. The van der Waals surface area contributed by atoms with Gasteiger partial charge in [-0.3, -0.25) is 4.79 Å². The van der Waals surface area contributed by atoms with Crippen molar-refractivity contribution >= 4 is 17.2 Å². The van der Waals surface area contributed by atoms with Gasteiger partial charge in [0.15, 0.2) is 0 Å². The summed E-state index contributed by atoms with van der Waals surface area (Å²) < 4.78 is 23.6. The van der Waals surface area contributed by atoms with Gasteiger partial charge in [-0.2, -0.15) is 0 Å². The quantitative estimate of drug-likeness (QED) is 0.822. The average Bonchev–Trinajstić information content (AvgIpc) is 2.62. The summed E-state index contributed by atoms with van der Waals surface area (Å²) in [5.41, 5.74) is 5.68. The van der Waals surface area contributed by atoms with Gasteiger partial charge in [0.05, 0.1) is 12.6 Å². The number of hydrogen-bond donors (Lipinski definition) is 2. The maximum Gasteiger partial charge on any atom is 0.270 e. The van der Waals surface area contributed by atoms with Crippen molar-refractivity contribution in [2.24, 2.45) is 5.73 Å². The number of thiazole rings is 1. The van der Waals surface area contributed by atoms with Crippen LogP contribution >= 0.6 is 11.3 Å². The standard InChI is InChI=1S/C8H11F2N3OS/c1-4(11)8-13-5(3-15-8)7(14)12-2-6(9)10/h3-4,6H,2,11H2,1H3,(H,12,14). The van der Waals surface area contributed by atoms with Gasteiger partial charge in [0.1, 0.15) is 10.7 Å². The lowest BCUT2D eigenvalue weighted by Crippen LogP contribution is -2.28. The van der Waals surface area contributed by atoms with Gasteiger partial charge in [0.25, 0.3) is 12.3 Å². The first-order valence-corrected chi connectivity index (χ1v) is 5.16. The molecule has 1 unspecified atom stereocenters. The van der Waals surface area contributed by atoms with Crippen LogP contribution in [0.15, 0.2) is 5.38 Å². The van der Waals surface area contributed by atoms with E-state index < -0.39 is 18.9 Å². The van der Waals surface area contributed by atoms with E-state index in [1.54, 1.807) is 6.92 Å². The summed E-state index contributed by atoms with van der Waals surface area (Å²) in [6.07, 6.45) is -2.56. The lowest BCUT2D eigenvalue weighted by molar-refractivity contribution is 0.0887. The van der Waals surface area contributed by atoms with Crippen molar-refractivity contribution in [1.29, 1.82) is 0 Å². The van der Waals surface area contributed by atoms with Crippen molar-refractivity contribution in [2.45, 2.75) is 19.4 Å². The van der Waals surface area contributed by atoms with Gasteiger partial charge in [-0.25, -0.2) is 13.8 Å². The molecule has 84 valence electrons. The summed E-state index contributed by atoms with van der Waals surface area (Å²) in [7, 11) is 0. The van der Waals surface area contributed by atoms with E-state index in [1.165, 1.54) is 16.7 Å². The van der Waals surface area contributed by atoms with Crippen molar-refractivity contribution in [3.63, 3.8) is 0 Å². The molecule has 15 heavy (non-hydrogen) atoms. The van der Waals surface area contributed by atoms with Crippen LogP contribution in [0.2, 0.25) is 0 Å². The van der Waals surface area contributed by atoms with Crippen molar-refractivity contribution < 1.29 is 13.6 Å². The highest BCUT2D eigenvalue weighted by molar-refractivity contribution is 7.09. The number of aromatic nitrogens is 1. The number of hydrogen-bond acceptors (Lipinski definition) is 4. The van der Waals surface area contributed by atoms with Crippen molar-refractivity contribution in [1.82, 2.24) is 10.3 Å². The number of halogens is 2. The first-order valence-electron chi connectivity index (χ1n) is 4.28. The van der Waals surface area contributed by atoms with Crippen LogP contribution in [0.4, 0.5) is 8.78 Å². The largest absolute Gasteiger partial charge is 0.345 e. The number of nitrogens with zero attached hydrogens (tertiary/aromatic N) is 1. The highest BCUT2D eigenvalue weighted by Gasteiger charge is 2.13. The van der Waals surface area contributed by atoms with Gasteiger partial charge in [-0.1, -0.05) is 0 Å². The van der Waals surface area contributed by atoms with Crippen LogP contribution in [0.1, 0.15) is 28.5 Å². The number of rotatable bonds is 4. The maximum absolute atomic E-state index is 11.8. The Morgan fingerprint density at radius 2 is 2.40 bits per heavy atom. The molecule has 0 aliphatic carbocycles. The summed E-state index contributed by atoms with van der Waals surface area (Å²) in [4.78, 5) is 15.2. The van der Waals surface area contributed by atoms with E-state index in [-0.39, 0.29) is 11.7 Å². The predicted octanol–water partition coefficient (Wildman–Crippen LogP) is 1.16. The van der Waals surface area contributed by atoms with E-state index in [2.05, 4.69) is 10.3 Å². The monoisotopic (exact) mass is 235 g/mol. The molecule has 0 aliphatic rings. The highest BCUT2D eigenvalue weighted by Crippen LogP contribution is 2.15. The summed E-state index contributed by atoms with van der Waals surface area (Å²) in [5, 5.41) is 4.17. The Labute approximate surface area is 89.5 Å². The van der Waals surface area contributed by atoms with Gasteiger partial charge in [0.2, 0.25) is 0 Å². The Hall–Kier alpha value is -1.08. The molecule has 0 saturated carbocycles. The zero-order valence-corrected chi connectivity index (χ0v) is 8.85. The first kappa shape index (κ1) is 12.0. The van der Waals surface area contributed by atoms with E-state index in [4.69, 9.17) is 5.73 Å². The number of nitrogens with two attached hydrogens (primary N) is 1. The number of alkyl halides is 2. The molecule has 7 heteroatoms. The van der Waals surface area contributed by atoms with Crippen LogP contribution < -0.4 is 11.1 Å². The molecule has 1 aromatic heterocycles. The van der Waals surface area contributed by atoms with Crippen LogP contribution in [0, 0.1) is 0 Å². The molecular formula is C8H11F2N3OS. The van der Waals surface area contributed by atoms with Crippen molar-refractivity contribution in [3.8, 4) is 0 Å². The highest BCUT2D eigenvalue weighted by atomic mass is 32.1. The first-order chi connectivity index (χ1) is 7.00. The second-order valence-electron chi connectivity index (χ2n) is 2.96. The molecular weight excluding hydrogens is 224 g/mol. The molecule has 1 aromatic rings. The summed E-state index contributed by atoms with van der Waals surface area (Å²) in [5.74, 6) is -0.599. The molecule has 0 aliphatic heterocycles. The molecule has 0 bridgehead atoms. The molecule has 1 heterocycles. The van der Waals surface area contributed by atoms with E-state index in [1.807, 2.05) is 0 Å². The minimum absolute atomic E-state index is 0.132. The molecule has 0 fully saturated rings. The van der Waals surface area contributed by atoms with Gasteiger partial charge >= 0.3 is 0 Å². The minimum Gasteiger partial charge on any atom is -0.345 e. The Kier molecular flexibility index (Phi) is 4.10. The third-order valence-corrected chi connectivity index (χ3v) is 2.61. The van der Waals surface area contributed by atoms with E-state index in [9.17, 15) is 13.6 Å². The number of nitrogens with one attached hydrogen (secondary N) is 1. The molecule has 1 atom stereocenters. The van der Waals surface area contributed by atoms with Crippen LogP contribution in [0.5, 0.6) is 0 Å². The lowest BCUT2D eigenvalue weighted by atomic mass is 10.4. The Balaban J connectivity index is 2.58. The van der Waals surface area contributed by atoms with Gasteiger partial charge < -0.3 is 11.1 Å². The molecule has 0 saturated heterocycles. The second kappa shape index (κ2) is 5.13. The van der Waals surface area contributed by atoms with Crippen LogP contribution in [0.25, 0.3) is 0 Å². The third-order valence-electron chi connectivity index (χ3n) is 1.56. The van der Waals surface area contributed by atoms with Crippen molar-refractivity contribution in [2.75, 3.05) is 6.54 Å². The molecule has 0 spiro atoms. The Morgan fingerprint density at radius 1 is 1.73 bits per heavy atom. The van der Waals surface area contributed by atoms with Crippen LogP contribution in [-0.2, 0) is 0 Å². The molecule has 4 nitrogen and oxygen atoms in total. The minimum atomic E-state index is -2.56. The number of amides is 1. The molecule has 1 rings (SSSR count). The van der Waals surface area contributed by atoms with Crippen molar-refractivity contribution in [3.05, 3.63) is 16.1 Å². The fraction of sp³-hybridized carbons (Fsp3) is 0.500. The van der Waals surface area contributed by atoms with Gasteiger partial charge in [0, 0.05) is 5.38 Å². The lowest BCUT2D eigenvalue weighted by Gasteiger charge is -2.01. The Bertz CT molecular complexity index is 340. The topological polar surface area (TPSA) is 68.0 Å². The van der Waals surface area contributed by atoms with E-state index in [0.29, 0.717) is 5.01 Å². The normalized spacial score (nSPS) is 12.9. The molecule has 0 radical (unpaired) electrons. The van der Waals surface area contributed by atoms with Gasteiger partial charge in [-0.05, 0) is 6.92 Å². The average molecular weight is 235 g/mol. The summed E-state index contributed by atoms with van der Waals surface area (Å²) in [6.45, 7) is 1.07. The summed E-state index contributed by atoms with van der Waals surface area (Å²) in [6, 6.07) is -0.258. The Morgan fingerprint density at radius 3 is 2.87 bits per heavy atom. The molecule has 0 aromatic carbocycles. The predicted molar refractivity (Wildman–Crippen MR) is 53.1 cm³/mol.